The predicted molar refractivity (Wildman–Crippen MR) is 68.8 cm³/mol. The molecule has 96 valence electrons. The summed E-state index contributed by atoms with van der Waals surface area (Å²) in [5, 5.41) is 3.60. The minimum atomic E-state index is 0.372. The van der Waals surface area contributed by atoms with E-state index in [2.05, 4.69) is 12.2 Å². The van der Waals surface area contributed by atoms with Crippen molar-refractivity contribution in [2.75, 3.05) is 0 Å². The monoisotopic (exact) mass is 235 g/mol. The first-order valence-corrected chi connectivity index (χ1v) is 7.57. The van der Waals surface area contributed by atoms with Gasteiger partial charge in [0.25, 0.3) is 0 Å². The molecule has 2 bridgehead atoms. The van der Waals surface area contributed by atoms with E-state index in [1.54, 1.807) is 0 Å². The third kappa shape index (κ3) is 2.16. The summed E-state index contributed by atoms with van der Waals surface area (Å²) in [4.78, 5) is 12.5. The van der Waals surface area contributed by atoms with Gasteiger partial charge in [0.2, 0.25) is 0 Å². The number of ketones is 1. The largest absolute Gasteiger partial charge is 0.310 e. The maximum Gasteiger partial charge on any atom is 0.140 e. The molecule has 0 radical (unpaired) electrons. The molecule has 2 heteroatoms. The summed E-state index contributed by atoms with van der Waals surface area (Å²) in [6.45, 7) is 2.28. The van der Waals surface area contributed by atoms with Crippen LogP contribution >= 0.6 is 0 Å². The van der Waals surface area contributed by atoms with Gasteiger partial charge < -0.3 is 5.32 Å². The van der Waals surface area contributed by atoms with Crippen molar-refractivity contribution in [2.24, 2.45) is 17.8 Å². The van der Waals surface area contributed by atoms with Crippen LogP contribution in [-0.2, 0) is 4.79 Å². The molecular formula is C15H25NO. The Hall–Kier alpha value is -0.370. The Balaban J connectivity index is 1.56. The number of rotatable bonds is 3. The van der Waals surface area contributed by atoms with Crippen molar-refractivity contribution in [2.45, 2.75) is 70.4 Å². The summed E-state index contributed by atoms with van der Waals surface area (Å²) in [6.07, 6.45) is 9.91. The normalized spacial score (nSPS) is 45.1. The molecule has 1 aliphatic carbocycles. The predicted octanol–water partition coefficient (Wildman–Crippen LogP) is 2.91. The van der Waals surface area contributed by atoms with E-state index >= 15 is 0 Å². The first-order chi connectivity index (χ1) is 8.28. The molecule has 3 unspecified atom stereocenters. The van der Waals surface area contributed by atoms with Crippen molar-refractivity contribution in [1.82, 2.24) is 5.32 Å². The van der Waals surface area contributed by atoms with Gasteiger partial charge in [-0.25, -0.2) is 0 Å². The summed E-state index contributed by atoms with van der Waals surface area (Å²) >= 11 is 0. The SMILES string of the molecule is CCC1CCC(C(=O)C2CC3CCC2N3)CC1. The van der Waals surface area contributed by atoms with Crippen molar-refractivity contribution >= 4 is 5.78 Å². The first-order valence-electron chi connectivity index (χ1n) is 7.57. The van der Waals surface area contributed by atoms with Gasteiger partial charge in [0.15, 0.2) is 0 Å². The molecule has 0 aromatic heterocycles. The number of hydrogen-bond acceptors (Lipinski definition) is 2. The molecule has 2 nitrogen and oxygen atoms in total. The van der Waals surface area contributed by atoms with Gasteiger partial charge in [-0.1, -0.05) is 13.3 Å². The van der Waals surface area contributed by atoms with Crippen LogP contribution in [0.25, 0.3) is 0 Å². The lowest BCUT2D eigenvalue weighted by molar-refractivity contribution is -0.128. The number of carbonyl (C=O) groups excluding carboxylic acids is 1. The van der Waals surface area contributed by atoms with Gasteiger partial charge in [0, 0.05) is 23.9 Å². The maximum absolute atomic E-state index is 12.5. The van der Waals surface area contributed by atoms with E-state index in [9.17, 15) is 4.79 Å². The Kier molecular flexibility index (Phi) is 3.25. The van der Waals surface area contributed by atoms with E-state index in [-0.39, 0.29) is 0 Å². The number of carbonyl (C=O) groups is 1. The van der Waals surface area contributed by atoms with E-state index in [1.165, 1.54) is 44.9 Å². The van der Waals surface area contributed by atoms with Crippen molar-refractivity contribution in [1.29, 1.82) is 0 Å². The molecule has 0 spiro atoms. The maximum atomic E-state index is 12.5. The second-order valence-electron chi connectivity index (χ2n) is 6.42. The Labute approximate surface area is 105 Å². The Bertz CT molecular complexity index is 293. The Morgan fingerprint density at radius 2 is 1.88 bits per heavy atom. The summed E-state index contributed by atoms with van der Waals surface area (Å²) < 4.78 is 0. The van der Waals surface area contributed by atoms with Crippen LogP contribution in [0.4, 0.5) is 0 Å². The third-order valence-corrected chi connectivity index (χ3v) is 5.49. The number of Topliss-reactive ketones (excluding diaryl/α,β-unsaturated/α-hetero) is 1. The number of nitrogens with one attached hydrogen (secondary N) is 1. The van der Waals surface area contributed by atoms with E-state index in [1.807, 2.05) is 0 Å². The zero-order valence-corrected chi connectivity index (χ0v) is 11.0. The average molecular weight is 235 g/mol. The first kappa shape index (κ1) is 11.7. The topological polar surface area (TPSA) is 29.1 Å². The van der Waals surface area contributed by atoms with Crippen LogP contribution in [0.15, 0.2) is 0 Å². The Morgan fingerprint density at radius 3 is 2.41 bits per heavy atom. The molecule has 3 fully saturated rings. The zero-order valence-electron chi connectivity index (χ0n) is 11.0. The van der Waals surface area contributed by atoms with E-state index in [0.717, 1.165) is 12.3 Å². The van der Waals surface area contributed by atoms with Gasteiger partial charge in [0.05, 0.1) is 0 Å². The average Bonchev–Trinajstić information content (AvgIpc) is 3.00. The van der Waals surface area contributed by atoms with E-state index in [0.29, 0.717) is 29.7 Å². The molecule has 1 N–H and O–H groups in total. The third-order valence-electron chi connectivity index (χ3n) is 5.49. The summed E-state index contributed by atoms with van der Waals surface area (Å²) in [5.41, 5.74) is 0. The molecule has 0 amide bonds. The zero-order chi connectivity index (χ0) is 11.8. The van der Waals surface area contributed by atoms with Gasteiger partial charge in [-0.2, -0.15) is 0 Å². The molecule has 3 atom stereocenters. The minimum Gasteiger partial charge on any atom is -0.310 e. The smallest absolute Gasteiger partial charge is 0.140 e. The lowest BCUT2D eigenvalue weighted by Gasteiger charge is -2.30. The Morgan fingerprint density at radius 1 is 1.12 bits per heavy atom. The van der Waals surface area contributed by atoms with E-state index < -0.39 is 0 Å². The van der Waals surface area contributed by atoms with Crippen molar-refractivity contribution in [3.05, 3.63) is 0 Å². The number of hydrogen-bond donors (Lipinski definition) is 1. The fraction of sp³-hybridized carbons (Fsp3) is 0.933. The summed E-state index contributed by atoms with van der Waals surface area (Å²) in [5.74, 6) is 2.29. The minimum absolute atomic E-state index is 0.372. The van der Waals surface area contributed by atoms with Crippen LogP contribution in [0.2, 0.25) is 0 Å². The quantitative estimate of drug-likeness (QED) is 0.815. The van der Waals surface area contributed by atoms with Gasteiger partial charge in [-0.3, -0.25) is 4.79 Å². The highest BCUT2D eigenvalue weighted by Crippen LogP contribution is 2.39. The van der Waals surface area contributed by atoms with Gasteiger partial charge in [-0.05, 0) is 50.9 Å². The van der Waals surface area contributed by atoms with Gasteiger partial charge in [0.1, 0.15) is 5.78 Å². The molecule has 0 aromatic carbocycles. The lowest BCUT2D eigenvalue weighted by atomic mass is 9.73. The molecule has 2 saturated heterocycles. The molecule has 17 heavy (non-hydrogen) atoms. The molecule has 3 rings (SSSR count). The van der Waals surface area contributed by atoms with E-state index in [4.69, 9.17) is 0 Å². The van der Waals surface area contributed by atoms with Crippen LogP contribution in [-0.4, -0.2) is 17.9 Å². The highest BCUT2D eigenvalue weighted by Gasteiger charge is 2.44. The van der Waals surface area contributed by atoms with Crippen LogP contribution < -0.4 is 5.32 Å². The number of fused-ring (bicyclic) bond motifs is 2. The second-order valence-corrected chi connectivity index (χ2v) is 6.42. The molecule has 3 aliphatic rings. The van der Waals surface area contributed by atoms with Crippen LogP contribution in [0.5, 0.6) is 0 Å². The fourth-order valence-electron chi connectivity index (χ4n) is 4.30. The van der Waals surface area contributed by atoms with Crippen molar-refractivity contribution < 1.29 is 4.79 Å². The highest BCUT2D eigenvalue weighted by molar-refractivity contribution is 5.84. The van der Waals surface area contributed by atoms with Crippen LogP contribution in [0, 0.1) is 17.8 Å². The highest BCUT2D eigenvalue weighted by atomic mass is 16.1. The molecule has 1 saturated carbocycles. The molecule has 0 aromatic rings. The standard InChI is InChI=1S/C15H25NO/c1-2-10-3-5-11(6-4-10)15(17)13-9-12-7-8-14(13)16-12/h10-14,16H,2-9H2,1H3. The van der Waals surface area contributed by atoms with Crippen LogP contribution in [0.3, 0.4) is 0 Å². The summed E-state index contributed by atoms with van der Waals surface area (Å²) in [6, 6.07) is 1.21. The second kappa shape index (κ2) is 4.72. The lowest BCUT2D eigenvalue weighted by Crippen LogP contribution is -2.34. The van der Waals surface area contributed by atoms with Crippen molar-refractivity contribution in [3.63, 3.8) is 0 Å². The van der Waals surface area contributed by atoms with Gasteiger partial charge in [-0.15, -0.1) is 0 Å². The summed E-state index contributed by atoms with van der Waals surface area (Å²) in [7, 11) is 0. The molecule has 2 heterocycles. The van der Waals surface area contributed by atoms with Crippen LogP contribution in [0.1, 0.15) is 58.3 Å². The fourth-order valence-corrected chi connectivity index (χ4v) is 4.30. The molecule has 2 aliphatic heterocycles. The van der Waals surface area contributed by atoms with Crippen molar-refractivity contribution in [3.8, 4) is 0 Å². The molecular weight excluding hydrogens is 210 g/mol. The van der Waals surface area contributed by atoms with Gasteiger partial charge >= 0.3 is 0 Å².